The Bertz CT molecular complexity index is 1200. The van der Waals surface area contributed by atoms with Crippen molar-refractivity contribution in [1.29, 1.82) is 0 Å². The van der Waals surface area contributed by atoms with Crippen LogP contribution in [0.5, 0.6) is 0 Å². The highest BCUT2D eigenvalue weighted by atomic mass is 35.5. The number of hydrogen-bond donors (Lipinski definition) is 3. The van der Waals surface area contributed by atoms with Crippen LogP contribution in [-0.4, -0.2) is 66.2 Å². The lowest BCUT2D eigenvalue weighted by atomic mass is 9.84. The second-order valence-electron chi connectivity index (χ2n) is 13.3. The van der Waals surface area contributed by atoms with Gasteiger partial charge in [0.25, 0.3) is 0 Å². The van der Waals surface area contributed by atoms with Gasteiger partial charge in [-0.2, -0.15) is 0 Å². The summed E-state index contributed by atoms with van der Waals surface area (Å²) in [5.74, 6) is 0.409. The number of halogens is 1. The van der Waals surface area contributed by atoms with Crippen LogP contribution in [0.25, 0.3) is 0 Å². The minimum atomic E-state index is -1.48. The van der Waals surface area contributed by atoms with Crippen molar-refractivity contribution in [3.05, 3.63) is 34.9 Å². The van der Waals surface area contributed by atoms with E-state index in [1.54, 1.807) is 0 Å². The molecule has 1 aromatic carbocycles. The predicted molar refractivity (Wildman–Crippen MR) is 155 cm³/mol. The summed E-state index contributed by atoms with van der Waals surface area (Å²) in [5.41, 5.74) is 4.42. The monoisotopic (exact) mass is 606 g/mol. The van der Waals surface area contributed by atoms with Crippen molar-refractivity contribution >= 4 is 35.7 Å². The zero-order valence-electron chi connectivity index (χ0n) is 25.2. The lowest BCUT2D eigenvalue weighted by Gasteiger charge is -2.35. The fraction of sp³-hybridized carbons (Fsp3) is 0.667. The van der Waals surface area contributed by atoms with Crippen LogP contribution in [0, 0.1) is 23.2 Å². The van der Waals surface area contributed by atoms with Crippen molar-refractivity contribution in [3.63, 3.8) is 0 Å². The molecule has 12 heteroatoms. The standard InChI is InChI=1S/C30H43ClN4O7/c1-17(2)23(33-26(38)34-29(5,6)42-27(39)41-16-40-25(37)30(32)12-13-30)24(36)35-14-11-20-21(22(20)28(3,4)15-35)18-7-9-19(31)10-8-18/h7-10,17,20-23H,11-16,32H2,1-6H3,(H2,33,34,38). The van der Waals surface area contributed by atoms with Gasteiger partial charge in [-0.05, 0) is 79.9 Å². The molecule has 4 rings (SSSR count). The first kappa shape index (κ1) is 31.9. The predicted octanol–water partition coefficient (Wildman–Crippen LogP) is 4.13. The van der Waals surface area contributed by atoms with Crippen LogP contribution in [0.2, 0.25) is 5.02 Å². The molecule has 1 saturated heterocycles. The number of nitrogens with one attached hydrogen (secondary N) is 2. The Hall–Kier alpha value is -3.05. The number of benzene rings is 1. The molecule has 3 fully saturated rings. The van der Waals surface area contributed by atoms with Crippen molar-refractivity contribution < 1.29 is 33.4 Å². The molecular formula is C30H43ClN4O7. The van der Waals surface area contributed by atoms with Gasteiger partial charge >= 0.3 is 18.2 Å². The third-order valence-corrected chi connectivity index (χ3v) is 8.75. The number of nitrogens with two attached hydrogens (primary N) is 1. The lowest BCUT2D eigenvalue weighted by Crippen LogP contribution is -2.58. The Morgan fingerprint density at radius 2 is 1.76 bits per heavy atom. The molecule has 0 bridgehead atoms. The van der Waals surface area contributed by atoms with Gasteiger partial charge in [-0.25, -0.2) is 14.4 Å². The van der Waals surface area contributed by atoms with Gasteiger partial charge < -0.3 is 35.5 Å². The number of amides is 3. The highest BCUT2D eigenvalue weighted by Crippen LogP contribution is 2.64. The Morgan fingerprint density at radius 1 is 1.12 bits per heavy atom. The number of nitrogens with zero attached hydrogens (tertiary/aromatic N) is 1. The molecule has 4 atom stereocenters. The molecule has 0 radical (unpaired) electrons. The van der Waals surface area contributed by atoms with E-state index in [9.17, 15) is 19.2 Å². The molecule has 42 heavy (non-hydrogen) atoms. The van der Waals surface area contributed by atoms with E-state index in [0.29, 0.717) is 43.7 Å². The van der Waals surface area contributed by atoms with Crippen LogP contribution >= 0.6 is 11.6 Å². The Labute approximate surface area is 252 Å². The number of likely N-dealkylation sites (tertiary alicyclic amines) is 1. The fourth-order valence-corrected chi connectivity index (χ4v) is 6.27. The number of ether oxygens (including phenoxy) is 3. The molecule has 0 spiro atoms. The number of carbonyl (C=O) groups excluding carboxylic acids is 4. The highest BCUT2D eigenvalue weighted by Gasteiger charge is 2.59. The van der Waals surface area contributed by atoms with Crippen molar-refractivity contribution in [2.75, 3.05) is 19.9 Å². The van der Waals surface area contributed by atoms with Gasteiger partial charge in [0.05, 0.1) is 0 Å². The van der Waals surface area contributed by atoms with Gasteiger partial charge in [-0.1, -0.05) is 51.4 Å². The number of rotatable bonds is 9. The number of hydrogen-bond acceptors (Lipinski definition) is 8. The van der Waals surface area contributed by atoms with E-state index in [1.807, 2.05) is 30.9 Å². The third-order valence-electron chi connectivity index (χ3n) is 8.50. The van der Waals surface area contributed by atoms with Crippen LogP contribution < -0.4 is 16.4 Å². The Balaban J connectivity index is 1.29. The average molecular weight is 607 g/mol. The maximum absolute atomic E-state index is 13.7. The van der Waals surface area contributed by atoms with Gasteiger partial charge in [0, 0.05) is 18.1 Å². The van der Waals surface area contributed by atoms with Crippen LogP contribution in [0.4, 0.5) is 9.59 Å². The van der Waals surface area contributed by atoms with Crippen LogP contribution in [0.15, 0.2) is 24.3 Å². The first-order chi connectivity index (χ1) is 19.5. The zero-order valence-corrected chi connectivity index (χ0v) is 26.0. The maximum Gasteiger partial charge on any atom is 0.513 e. The van der Waals surface area contributed by atoms with E-state index in [2.05, 4.69) is 36.6 Å². The smallest absolute Gasteiger partial charge is 0.426 e. The SMILES string of the molecule is CC(C)C(NC(=O)NC(C)(C)OC(=O)OCOC(=O)C1(N)CC1)C(=O)N1CCC2C(c3ccc(Cl)cc3)C2C(C)(C)C1. The van der Waals surface area contributed by atoms with Crippen molar-refractivity contribution in [2.45, 2.75) is 84.0 Å². The molecule has 11 nitrogen and oxygen atoms in total. The molecule has 3 aliphatic rings. The molecule has 1 aliphatic heterocycles. The summed E-state index contributed by atoms with van der Waals surface area (Å²) in [7, 11) is 0. The zero-order chi connectivity index (χ0) is 31.0. The summed E-state index contributed by atoms with van der Waals surface area (Å²) in [6, 6.07) is 6.60. The molecule has 1 heterocycles. The maximum atomic E-state index is 13.7. The first-order valence-corrected chi connectivity index (χ1v) is 14.9. The minimum Gasteiger partial charge on any atom is -0.426 e. The largest absolute Gasteiger partial charge is 0.513 e. The molecule has 2 aliphatic carbocycles. The second kappa shape index (κ2) is 11.9. The first-order valence-electron chi connectivity index (χ1n) is 14.5. The summed E-state index contributed by atoms with van der Waals surface area (Å²) in [4.78, 5) is 52.3. The molecule has 1 aromatic rings. The molecule has 4 N–H and O–H groups in total. The van der Waals surface area contributed by atoms with E-state index >= 15 is 0 Å². The van der Waals surface area contributed by atoms with Gasteiger partial charge in [0.1, 0.15) is 11.6 Å². The van der Waals surface area contributed by atoms with Gasteiger partial charge in [0.2, 0.25) is 12.7 Å². The van der Waals surface area contributed by atoms with E-state index < -0.39 is 42.3 Å². The molecule has 2 saturated carbocycles. The normalized spacial score (nSPS) is 24.4. The summed E-state index contributed by atoms with van der Waals surface area (Å²) in [6.45, 7) is 11.6. The van der Waals surface area contributed by atoms with Crippen LogP contribution in [0.1, 0.15) is 72.3 Å². The molecular weight excluding hydrogens is 564 g/mol. The van der Waals surface area contributed by atoms with Crippen LogP contribution in [-0.2, 0) is 23.8 Å². The van der Waals surface area contributed by atoms with Crippen molar-refractivity contribution in [1.82, 2.24) is 15.5 Å². The second-order valence-corrected chi connectivity index (χ2v) is 13.8. The van der Waals surface area contributed by atoms with E-state index in [-0.39, 0.29) is 17.2 Å². The third kappa shape index (κ3) is 7.47. The number of urea groups is 1. The lowest BCUT2D eigenvalue weighted by molar-refractivity contribution is -0.157. The number of fused-ring (bicyclic) bond motifs is 1. The molecule has 4 unspecified atom stereocenters. The average Bonchev–Trinajstić information content (AvgIpc) is 3.80. The summed E-state index contributed by atoms with van der Waals surface area (Å²) >= 11 is 6.09. The van der Waals surface area contributed by atoms with Gasteiger partial charge in [-0.15, -0.1) is 0 Å². The quantitative estimate of drug-likeness (QED) is 0.280. The van der Waals surface area contributed by atoms with Gasteiger partial charge in [0.15, 0.2) is 5.72 Å². The summed E-state index contributed by atoms with van der Waals surface area (Å²) < 4.78 is 14.8. The topological polar surface area (TPSA) is 149 Å². The molecule has 0 aromatic heterocycles. The van der Waals surface area contributed by atoms with Crippen molar-refractivity contribution in [2.24, 2.45) is 28.9 Å². The minimum absolute atomic E-state index is 0.112. The fourth-order valence-electron chi connectivity index (χ4n) is 6.15. The highest BCUT2D eigenvalue weighted by molar-refractivity contribution is 6.30. The molecule has 232 valence electrons. The van der Waals surface area contributed by atoms with Crippen molar-refractivity contribution in [3.8, 4) is 0 Å². The number of esters is 1. The van der Waals surface area contributed by atoms with E-state index in [4.69, 9.17) is 31.5 Å². The molecule has 3 amide bonds. The van der Waals surface area contributed by atoms with Crippen LogP contribution in [0.3, 0.4) is 0 Å². The van der Waals surface area contributed by atoms with Gasteiger partial charge in [-0.3, -0.25) is 4.79 Å². The number of carbonyl (C=O) groups is 4. The summed E-state index contributed by atoms with van der Waals surface area (Å²) in [5, 5.41) is 6.04. The summed E-state index contributed by atoms with van der Waals surface area (Å²) in [6.07, 6.45) is 0.774. The van der Waals surface area contributed by atoms with E-state index in [1.165, 1.54) is 19.4 Å². The Morgan fingerprint density at radius 3 is 2.36 bits per heavy atom. The van der Waals surface area contributed by atoms with E-state index in [0.717, 1.165) is 11.4 Å². The Kier molecular flexibility index (Phi) is 9.04.